The van der Waals surface area contributed by atoms with Gasteiger partial charge in [-0.05, 0) is 48.7 Å². The smallest absolute Gasteiger partial charge is 0.142 e. The van der Waals surface area contributed by atoms with Gasteiger partial charge >= 0.3 is 0 Å². The second kappa shape index (κ2) is 6.85. The van der Waals surface area contributed by atoms with E-state index in [4.69, 9.17) is 4.74 Å². The van der Waals surface area contributed by atoms with Crippen molar-refractivity contribution in [2.75, 3.05) is 24.2 Å². The molecular formula is C17H18FNOS. The van der Waals surface area contributed by atoms with Gasteiger partial charge in [0.2, 0.25) is 0 Å². The Morgan fingerprint density at radius 3 is 2.86 bits per heavy atom. The van der Waals surface area contributed by atoms with Crippen LogP contribution in [-0.2, 0) is 6.42 Å². The number of aryl methyl sites for hydroxylation is 1. The van der Waals surface area contributed by atoms with Crippen LogP contribution in [0.25, 0.3) is 0 Å². The summed E-state index contributed by atoms with van der Waals surface area (Å²) in [5.41, 5.74) is 2.49. The highest BCUT2D eigenvalue weighted by Gasteiger charge is 2.12. The third-order valence-corrected chi connectivity index (χ3v) is 4.44. The summed E-state index contributed by atoms with van der Waals surface area (Å²) in [6.07, 6.45) is 2.29. The van der Waals surface area contributed by atoms with Crippen molar-refractivity contribution in [1.82, 2.24) is 0 Å². The first-order chi connectivity index (χ1) is 10.3. The van der Waals surface area contributed by atoms with E-state index >= 15 is 0 Å². The van der Waals surface area contributed by atoms with Gasteiger partial charge in [-0.1, -0.05) is 12.1 Å². The van der Waals surface area contributed by atoms with Gasteiger partial charge in [0.15, 0.2) is 0 Å². The van der Waals surface area contributed by atoms with E-state index in [0.29, 0.717) is 6.61 Å². The van der Waals surface area contributed by atoms with Crippen LogP contribution in [0.15, 0.2) is 47.4 Å². The van der Waals surface area contributed by atoms with Gasteiger partial charge in [0.25, 0.3) is 0 Å². The first kappa shape index (κ1) is 14.3. The standard InChI is InChI=1S/C17H18FNOS/c18-14-6-8-15(9-7-14)21-12-11-20-16-5-1-3-13-4-2-10-19-17(13)16/h1,3,5-9,19H,2,4,10-12H2. The number of fused-ring (bicyclic) bond motifs is 1. The zero-order chi connectivity index (χ0) is 14.5. The summed E-state index contributed by atoms with van der Waals surface area (Å²) < 4.78 is 18.7. The van der Waals surface area contributed by atoms with Gasteiger partial charge in [-0.25, -0.2) is 4.39 Å². The SMILES string of the molecule is Fc1ccc(SCCOc2cccc3c2NCCC3)cc1. The normalized spacial score (nSPS) is 13.4. The third kappa shape index (κ3) is 3.70. The predicted molar refractivity (Wildman–Crippen MR) is 85.9 cm³/mol. The Hall–Kier alpha value is -1.68. The summed E-state index contributed by atoms with van der Waals surface area (Å²) in [4.78, 5) is 1.06. The molecule has 0 atom stereocenters. The molecule has 0 saturated carbocycles. The second-order valence-electron chi connectivity index (χ2n) is 4.97. The molecule has 2 nitrogen and oxygen atoms in total. The van der Waals surface area contributed by atoms with Crippen molar-refractivity contribution < 1.29 is 9.13 Å². The summed E-state index contributed by atoms with van der Waals surface area (Å²) in [5.74, 6) is 1.58. The van der Waals surface area contributed by atoms with E-state index in [0.717, 1.165) is 35.1 Å². The van der Waals surface area contributed by atoms with Crippen LogP contribution >= 0.6 is 11.8 Å². The van der Waals surface area contributed by atoms with Crippen molar-refractivity contribution in [3.05, 3.63) is 53.8 Å². The van der Waals surface area contributed by atoms with Crippen LogP contribution in [0, 0.1) is 5.82 Å². The number of hydrogen-bond acceptors (Lipinski definition) is 3. The molecule has 110 valence electrons. The predicted octanol–water partition coefficient (Wildman–Crippen LogP) is 4.35. The van der Waals surface area contributed by atoms with Gasteiger partial charge in [-0.3, -0.25) is 0 Å². The molecule has 0 aliphatic carbocycles. The Morgan fingerprint density at radius 1 is 1.14 bits per heavy atom. The Morgan fingerprint density at radius 2 is 2.00 bits per heavy atom. The summed E-state index contributed by atoms with van der Waals surface area (Å²) in [6.45, 7) is 1.65. The average Bonchev–Trinajstić information content (AvgIpc) is 2.53. The lowest BCUT2D eigenvalue weighted by Crippen LogP contribution is -2.13. The molecule has 1 heterocycles. The second-order valence-corrected chi connectivity index (χ2v) is 6.14. The molecule has 0 radical (unpaired) electrons. The minimum atomic E-state index is -0.197. The fraction of sp³-hybridized carbons (Fsp3) is 0.294. The highest BCUT2D eigenvalue weighted by Crippen LogP contribution is 2.32. The Bertz CT molecular complexity index is 600. The van der Waals surface area contributed by atoms with Crippen LogP contribution < -0.4 is 10.1 Å². The van der Waals surface area contributed by atoms with Crippen molar-refractivity contribution in [2.45, 2.75) is 17.7 Å². The average molecular weight is 303 g/mol. The van der Waals surface area contributed by atoms with Crippen LogP contribution in [0.2, 0.25) is 0 Å². The van der Waals surface area contributed by atoms with Gasteiger partial charge in [-0.15, -0.1) is 11.8 Å². The van der Waals surface area contributed by atoms with E-state index in [9.17, 15) is 4.39 Å². The molecule has 0 fully saturated rings. The highest BCUT2D eigenvalue weighted by molar-refractivity contribution is 7.99. The molecule has 1 N–H and O–H groups in total. The third-order valence-electron chi connectivity index (χ3n) is 3.46. The van der Waals surface area contributed by atoms with Gasteiger partial charge in [0.05, 0.1) is 12.3 Å². The van der Waals surface area contributed by atoms with Crippen LogP contribution in [0.3, 0.4) is 0 Å². The maximum atomic E-state index is 12.8. The number of ether oxygens (including phenoxy) is 1. The summed E-state index contributed by atoms with van der Waals surface area (Å²) in [7, 11) is 0. The van der Waals surface area contributed by atoms with Crippen LogP contribution in [-0.4, -0.2) is 18.9 Å². The van der Waals surface area contributed by atoms with Crippen LogP contribution in [0.1, 0.15) is 12.0 Å². The van der Waals surface area contributed by atoms with Crippen LogP contribution in [0.5, 0.6) is 5.75 Å². The molecule has 0 bridgehead atoms. The maximum Gasteiger partial charge on any atom is 0.142 e. The lowest BCUT2D eigenvalue weighted by Gasteiger charge is -2.21. The minimum absolute atomic E-state index is 0.197. The molecule has 0 aromatic heterocycles. The number of benzene rings is 2. The number of thioether (sulfide) groups is 1. The number of hydrogen-bond donors (Lipinski definition) is 1. The molecule has 2 aromatic carbocycles. The first-order valence-electron chi connectivity index (χ1n) is 7.20. The minimum Gasteiger partial charge on any atom is -0.491 e. The molecule has 4 heteroatoms. The van der Waals surface area contributed by atoms with E-state index in [1.165, 1.54) is 24.1 Å². The number of halogens is 1. The molecule has 1 aliphatic rings. The van der Waals surface area contributed by atoms with E-state index in [2.05, 4.69) is 11.4 Å². The van der Waals surface area contributed by atoms with E-state index in [1.54, 1.807) is 23.9 Å². The maximum absolute atomic E-state index is 12.8. The van der Waals surface area contributed by atoms with Crippen LogP contribution in [0.4, 0.5) is 10.1 Å². The van der Waals surface area contributed by atoms with E-state index < -0.39 is 0 Å². The Balaban J connectivity index is 1.53. The Labute approximate surface area is 128 Å². The lowest BCUT2D eigenvalue weighted by molar-refractivity contribution is 0.345. The van der Waals surface area contributed by atoms with Crippen molar-refractivity contribution >= 4 is 17.4 Å². The number of rotatable bonds is 5. The summed E-state index contributed by atoms with van der Waals surface area (Å²) in [5, 5.41) is 3.42. The molecular weight excluding hydrogens is 285 g/mol. The molecule has 3 rings (SSSR count). The monoisotopic (exact) mass is 303 g/mol. The Kier molecular flexibility index (Phi) is 4.65. The molecule has 1 aliphatic heterocycles. The molecule has 0 saturated heterocycles. The molecule has 21 heavy (non-hydrogen) atoms. The van der Waals surface area contributed by atoms with Crippen molar-refractivity contribution in [3.63, 3.8) is 0 Å². The van der Waals surface area contributed by atoms with E-state index in [-0.39, 0.29) is 5.82 Å². The first-order valence-corrected chi connectivity index (χ1v) is 8.18. The zero-order valence-electron chi connectivity index (χ0n) is 11.8. The molecule has 0 unspecified atom stereocenters. The number of para-hydroxylation sites is 1. The largest absolute Gasteiger partial charge is 0.491 e. The highest BCUT2D eigenvalue weighted by atomic mass is 32.2. The summed E-state index contributed by atoms with van der Waals surface area (Å²) in [6, 6.07) is 12.8. The van der Waals surface area contributed by atoms with Crippen molar-refractivity contribution in [2.24, 2.45) is 0 Å². The zero-order valence-corrected chi connectivity index (χ0v) is 12.6. The van der Waals surface area contributed by atoms with E-state index in [1.807, 2.05) is 12.1 Å². The molecule has 0 spiro atoms. The topological polar surface area (TPSA) is 21.3 Å². The van der Waals surface area contributed by atoms with Gasteiger partial charge in [0, 0.05) is 17.2 Å². The van der Waals surface area contributed by atoms with Crippen molar-refractivity contribution in [3.8, 4) is 5.75 Å². The molecule has 2 aromatic rings. The van der Waals surface area contributed by atoms with Crippen molar-refractivity contribution in [1.29, 1.82) is 0 Å². The number of nitrogens with one attached hydrogen (secondary N) is 1. The van der Waals surface area contributed by atoms with Gasteiger partial charge in [0.1, 0.15) is 11.6 Å². The number of anilines is 1. The molecule has 0 amide bonds. The van der Waals surface area contributed by atoms with Gasteiger partial charge < -0.3 is 10.1 Å². The van der Waals surface area contributed by atoms with Gasteiger partial charge in [-0.2, -0.15) is 0 Å². The quantitative estimate of drug-likeness (QED) is 0.655. The fourth-order valence-corrected chi connectivity index (χ4v) is 3.17. The summed E-state index contributed by atoms with van der Waals surface area (Å²) >= 11 is 1.67. The fourth-order valence-electron chi connectivity index (χ4n) is 2.44. The lowest BCUT2D eigenvalue weighted by atomic mass is 10.0.